The zero-order chi connectivity index (χ0) is 32.0. The van der Waals surface area contributed by atoms with Gasteiger partial charge in [-0.2, -0.15) is 0 Å². The van der Waals surface area contributed by atoms with E-state index in [-0.39, 0.29) is 68.1 Å². The summed E-state index contributed by atoms with van der Waals surface area (Å²) in [6, 6.07) is 0. The fourth-order valence-corrected chi connectivity index (χ4v) is 5.89. The Kier molecular flexibility index (Phi) is 70.1. The molecule has 1 N–H and O–H groups in total. The van der Waals surface area contributed by atoms with Crippen molar-refractivity contribution in [3.63, 3.8) is 0 Å². The lowest BCUT2D eigenvalue weighted by Crippen LogP contribution is -3.07. The molecule has 0 aliphatic heterocycles. The number of ether oxygens (including phenoxy) is 2. The molecular formula is C41H86Cl5NO2. The predicted molar refractivity (Wildman–Crippen MR) is 226 cm³/mol. The molecule has 0 aromatic carbocycles. The number of allylic oxidation sites excluding steroid dienone is 4. The van der Waals surface area contributed by atoms with Crippen molar-refractivity contribution < 1.29 is 26.8 Å². The average molecular weight is 802 g/mol. The summed E-state index contributed by atoms with van der Waals surface area (Å²) in [5.41, 5.74) is 0. The fraction of sp³-hybridized carbons (Fsp3) is 0.902. The van der Waals surface area contributed by atoms with Crippen LogP contribution in [0.5, 0.6) is 0 Å². The maximum atomic E-state index is 6.24. The standard InChI is InChI=1S/C41H81NO2.5ClH/c1-5-7-9-11-13-15-17-19-21-23-25-27-29-31-33-35-37-43-40-41(39-42(3)4)44-38-36-34-32-30-28-26-24-22-20-18-16-14-12-10-8-6-2;;;;;/h19-22,41H,5-18,23-40H2,1-4H3;5*1H/b21-19-,22-20-;;;;;. The van der Waals surface area contributed by atoms with Crippen LogP contribution in [0.1, 0.15) is 194 Å². The van der Waals surface area contributed by atoms with Gasteiger partial charge in [0.05, 0.1) is 20.7 Å². The number of hydrogen-bond acceptors (Lipinski definition) is 2. The normalized spacial score (nSPS) is 11.5. The molecular weight excluding hydrogens is 716 g/mol. The number of nitrogens with one attached hydrogen (secondary N) is 1. The lowest BCUT2D eigenvalue weighted by atomic mass is 10.1. The van der Waals surface area contributed by atoms with E-state index in [4.69, 9.17) is 9.47 Å². The molecule has 302 valence electrons. The second kappa shape index (κ2) is 55.6. The topological polar surface area (TPSA) is 22.9 Å². The van der Waals surface area contributed by atoms with Gasteiger partial charge in [-0.3, -0.25) is 0 Å². The molecule has 0 radical (unpaired) electrons. The lowest BCUT2D eigenvalue weighted by Gasteiger charge is -2.20. The lowest BCUT2D eigenvalue weighted by molar-refractivity contribution is -0.862. The molecule has 49 heavy (non-hydrogen) atoms. The van der Waals surface area contributed by atoms with Crippen molar-refractivity contribution in [1.82, 2.24) is 0 Å². The molecule has 0 saturated carbocycles. The van der Waals surface area contributed by atoms with E-state index in [1.165, 1.54) is 185 Å². The van der Waals surface area contributed by atoms with Crippen LogP contribution in [0, 0.1) is 0 Å². The summed E-state index contributed by atoms with van der Waals surface area (Å²) in [6.07, 6.45) is 47.7. The first-order chi connectivity index (χ1) is 21.7. The van der Waals surface area contributed by atoms with Crippen LogP contribution in [0.4, 0.5) is 0 Å². The molecule has 3 nitrogen and oxygen atoms in total. The highest BCUT2D eigenvalue weighted by Gasteiger charge is 2.13. The van der Waals surface area contributed by atoms with Crippen LogP contribution in [0.3, 0.4) is 0 Å². The minimum absolute atomic E-state index is 0. The summed E-state index contributed by atoms with van der Waals surface area (Å²) < 4.78 is 12.3. The number of halogens is 5. The second-order valence-corrected chi connectivity index (χ2v) is 13.9. The van der Waals surface area contributed by atoms with E-state index in [0.717, 1.165) is 26.4 Å². The Hall–Kier alpha value is 0.810. The summed E-state index contributed by atoms with van der Waals surface area (Å²) in [4.78, 5) is 1.44. The van der Waals surface area contributed by atoms with Crippen molar-refractivity contribution in [3.8, 4) is 0 Å². The molecule has 0 aromatic rings. The van der Waals surface area contributed by atoms with E-state index >= 15 is 0 Å². The van der Waals surface area contributed by atoms with E-state index in [9.17, 15) is 0 Å². The summed E-state index contributed by atoms with van der Waals surface area (Å²) in [5, 5.41) is 0. The van der Waals surface area contributed by atoms with Gasteiger partial charge < -0.3 is 26.8 Å². The third kappa shape index (κ3) is 55.7. The molecule has 0 fully saturated rings. The molecule has 0 aliphatic carbocycles. The van der Waals surface area contributed by atoms with Crippen LogP contribution in [0.25, 0.3) is 0 Å². The van der Waals surface area contributed by atoms with Gasteiger partial charge in [-0.1, -0.05) is 154 Å². The van der Waals surface area contributed by atoms with E-state index < -0.39 is 0 Å². The van der Waals surface area contributed by atoms with E-state index in [1.54, 1.807) is 0 Å². The van der Waals surface area contributed by atoms with Crippen molar-refractivity contribution >= 4 is 49.6 Å². The van der Waals surface area contributed by atoms with Gasteiger partial charge in [-0.15, -0.1) is 49.6 Å². The molecule has 8 heteroatoms. The Labute approximate surface area is 339 Å². The second-order valence-electron chi connectivity index (χ2n) is 13.9. The Morgan fingerprint density at radius 3 is 1.08 bits per heavy atom. The van der Waals surface area contributed by atoms with E-state index in [2.05, 4.69) is 52.2 Å². The first-order valence-corrected chi connectivity index (χ1v) is 20.0. The Balaban J connectivity index is -0.000000924. The quantitative estimate of drug-likeness (QED) is 0.0500. The van der Waals surface area contributed by atoms with E-state index in [0.29, 0.717) is 0 Å². The maximum absolute atomic E-state index is 6.24. The summed E-state index contributed by atoms with van der Waals surface area (Å²) in [7, 11) is 4.43. The zero-order valence-corrected chi connectivity index (χ0v) is 36.9. The zero-order valence-electron chi connectivity index (χ0n) is 32.8. The molecule has 0 spiro atoms. The molecule has 0 amide bonds. The van der Waals surface area contributed by atoms with E-state index in [1.807, 2.05) is 0 Å². The van der Waals surface area contributed by atoms with Crippen LogP contribution in [-0.2, 0) is 9.47 Å². The van der Waals surface area contributed by atoms with Crippen LogP contribution in [0.15, 0.2) is 24.3 Å². The summed E-state index contributed by atoms with van der Waals surface area (Å²) in [5.74, 6) is 0. The molecule has 0 aromatic heterocycles. The van der Waals surface area contributed by atoms with Crippen molar-refractivity contribution in [2.45, 2.75) is 200 Å². The molecule has 1 unspecified atom stereocenters. The minimum Gasteiger partial charge on any atom is -1.00 e. The van der Waals surface area contributed by atoms with Gasteiger partial charge in [-0.25, -0.2) is 0 Å². The smallest absolute Gasteiger partial charge is 0.129 e. The SMILES string of the molecule is CCCCCCCC/C=C\CCCCCCCCOCC(C[NH+](C)C)OCCCCCCCC/C=C\CCCCCCCC.Cl.Cl.Cl.Cl.[Cl-]. The van der Waals surface area contributed by atoms with Crippen molar-refractivity contribution in [1.29, 1.82) is 0 Å². The van der Waals surface area contributed by atoms with Crippen molar-refractivity contribution in [2.24, 2.45) is 0 Å². The first-order valence-electron chi connectivity index (χ1n) is 20.0. The van der Waals surface area contributed by atoms with Gasteiger partial charge in [0.15, 0.2) is 0 Å². The average Bonchev–Trinajstić information content (AvgIpc) is 3.01. The fourth-order valence-electron chi connectivity index (χ4n) is 5.89. The van der Waals surface area contributed by atoms with Crippen molar-refractivity contribution in [3.05, 3.63) is 24.3 Å². The highest BCUT2D eigenvalue weighted by Crippen LogP contribution is 2.12. The summed E-state index contributed by atoms with van der Waals surface area (Å²) >= 11 is 0. The van der Waals surface area contributed by atoms with Crippen LogP contribution in [-0.4, -0.2) is 46.6 Å². The Bertz CT molecular complexity index is 596. The van der Waals surface area contributed by atoms with Gasteiger partial charge in [0.2, 0.25) is 0 Å². The third-order valence-electron chi connectivity index (χ3n) is 8.75. The minimum atomic E-state index is 0. The van der Waals surface area contributed by atoms with Gasteiger partial charge in [0, 0.05) is 13.2 Å². The van der Waals surface area contributed by atoms with Gasteiger partial charge >= 0.3 is 0 Å². The first kappa shape index (κ1) is 61.8. The molecule has 0 aliphatic rings. The number of quaternary nitrogens is 1. The van der Waals surface area contributed by atoms with Crippen LogP contribution >= 0.6 is 49.6 Å². The molecule has 0 rings (SSSR count). The maximum Gasteiger partial charge on any atom is 0.129 e. The summed E-state index contributed by atoms with van der Waals surface area (Å²) in [6.45, 7) is 8.13. The Morgan fingerprint density at radius 1 is 0.429 bits per heavy atom. The number of unbranched alkanes of at least 4 members (excludes halogenated alkanes) is 24. The predicted octanol–water partition coefficient (Wildman–Crippen LogP) is 10.3. The van der Waals surface area contributed by atoms with Crippen molar-refractivity contribution in [2.75, 3.05) is 40.5 Å². The van der Waals surface area contributed by atoms with Crippen LogP contribution in [0.2, 0.25) is 0 Å². The number of rotatable bonds is 37. The molecule has 0 bridgehead atoms. The largest absolute Gasteiger partial charge is 1.00 e. The van der Waals surface area contributed by atoms with Gasteiger partial charge in [0.1, 0.15) is 12.6 Å². The Morgan fingerprint density at radius 2 is 0.735 bits per heavy atom. The monoisotopic (exact) mass is 800 g/mol. The number of hydrogen-bond donors (Lipinski definition) is 1. The van der Waals surface area contributed by atoms with Gasteiger partial charge in [0.25, 0.3) is 0 Å². The third-order valence-corrected chi connectivity index (χ3v) is 8.75. The molecule has 0 heterocycles. The van der Waals surface area contributed by atoms with Crippen LogP contribution < -0.4 is 17.3 Å². The molecule has 1 atom stereocenters. The number of likely N-dealkylation sites (N-methyl/N-ethyl adjacent to an activating group) is 1. The highest BCUT2D eigenvalue weighted by molar-refractivity contribution is 5.86. The van der Waals surface area contributed by atoms with Gasteiger partial charge in [-0.05, 0) is 64.2 Å². The molecule has 0 saturated heterocycles. The highest BCUT2D eigenvalue weighted by atomic mass is 35.5.